The van der Waals surface area contributed by atoms with E-state index in [2.05, 4.69) is 4.74 Å². The first-order valence-corrected chi connectivity index (χ1v) is 4.10. The lowest BCUT2D eigenvalue weighted by molar-refractivity contribution is 0.0691. The van der Waals surface area contributed by atoms with Gasteiger partial charge >= 0.3 is 0 Å². The van der Waals surface area contributed by atoms with Crippen LogP contribution in [0.3, 0.4) is 0 Å². The Morgan fingerprint density at radius 1 is 0.875 bits per heavy atom. The van der Waals surface area contributed by atoms with Crippen molar-refractivity contribution in [3.05, 3.63) is 34.6 Å². The molecule has 1 aromatic rings. The van der Waals surface area contributed by atoms with Gasteiger partial charge in [-0.25, -0.2) is 22.0 Å². The van der Waals surface area contributed by atoms with Crippen molar-refractivity contribution in [1.82, 2.24) is 0 Å². The van der Waals surface area contributed by atoms with Gasteiger partial charge in [-0.1, -0.05) is 0 Å². The van der Waals surface area contributed by atoms with E-state index in [9.17, 15) is 22.0 Å². The lowest BCUT2D eigenvalue weighted by atomic mass is 9.76. The van der Waals surface area contributed by atoms with Crippen molar-refractivity contribution >= 4 is 7.85 Å². The molecule has 0 saturated heterocycles. The standard InChI is InChI=1S/C9H6BF5O/c1-9(10,16-2)3-4(11)6(13)8(15)7(14)5(3)12/h1-2H3. The van der Waals surface area contributed by atoms with E-state index in [0.29, 0.717) is 0 Å². The number of methoxy groups -OCH3 is 1. The van der Waals surface area contributed by atoms with Crippen LogP contribution in [0.15, 0.2) is 0 Å². The Bertz CT molecular complexity index is 403. The molecule has 0 N–H and O–H groups in total. The van der Waals surface area contributed by atoms with Crippen LogP contribution < -0.4 is 0 Å². The lowest BCUT2D eigenvalue weighted by Crippen LogP contribution is -2.29. The Morgan fingerprint density at radius 3 is 1.50 bits per heavy atom. The molecule has 1 aromatic carbocycles. The molecule has 86 valence electrons. The first-order valence-electron chi connectivity index (χ1n) is 4.10. The van der Waals surface area contributed by atoms with Gasteiger partial charge in [-0.15, -0.1) is 0 Å². The van der Waals surface area contributed by atoms with Gasteiger partial charge in [0.1, 0.15) is 7.85 Å². The van der Waals surface area contributed by atoms with Gasteiger partial charge in [0.05, 0.1) is 11.1 Å². The van der Waals surface area contributed by atoms with Crippen molar-refractivity contribution in [2.75, 3.05) is 7.11 Å². The van der Waals surface area contributed by atoms with Crippen LogP contribution in [0.25, 0.3) is 0 Å². The van der Waals surface area contributed by atoms with Gasteiger partial charge in [0.25, 0.3) is 0 Å². The molecule has 0 fully saturated rings. The average molecular weight is 236 g/mol. The number of hydrogen-bond acceptors (Lipinski definition) is 1. The minimum Gasteiger partial charge on any atom is -0.384 e. The van der Waals surface area contributed by atoms with Crippen molar-refractivity contribution < 1.29 is 26.7 Å². The normalized spacial score (nSPS) is 14.9. The van der Waals surface area contributed by atoms with Gasteiger partial charge in [0.2, 0.25) is 5.82 Å². The zero-order valence-electron chi connectivity index (χ0n) is 8.38. The molecule has 0 aromatic heterocycles. The van der Waals surface area contributed by atoms with Crippen molar-refractivity contribution in [2.45, 2.75) is 12.4 Å². The largest absolute Gasteiger partial charge is 0.384 e. The van der Waals surface area contributed by atoms with Crippen molar-refractivity contribution in [1.29, 1.82) is 0 Å². The Labute approximate surface area is 89.6 Å². The summed E-state index contributed by atoms with van der Waals surface area (Å²) in [5, 5.41) is 0. The van der Waals surface area contributed by atoms with Crippen LogP contribution in [0.5, 0.6) is 0 Å². The number of rotatable bonds is 2. The molecule has 0 aliphatic carbocycles. The summed E-state index contributed by atoms with van der Waals surface area (Å²) in [7, 11) is 6.25. The maximum Gasteiger partial charge on any atom is 0.200 e. The summed E-state index contributed by atoms with van der Waals surface area (Å²) < 4.78 is 69.2. The fourth-order valence-electron chi connectivity index (χ4n) is 1.14. The van der Waals surface area contributed by atoms with Crippen LogP contribution in [-0.2, 0) is 10.2 Å². The molecule has 0 saturated carbocycles. The summed E-state index contributed by atoms with van der Waals surface area (Å²) >= 11 is 0. The van der Waals surface area contributed by atoms with Crippen molar-refractivity contribution in [3.63, 3.8) is 0 Å². The summed E-state index contributed by atoms with van der Waals surface area (Å²) in [5.74, 6) is -10.3. The quantitative estimate of drug-likeness (QED) is 0.331. The Hall–Kier alpha value is -1.11. The highest BCUT2D eigenvalue weighted by Crippen LogP contribution is 2.31. The second kappa shape index (κ2) is 4.05. The third kappa shape index (κ3) is 1.79. The highest BCUT2D eigenvalue weighted by molar-refractivity contribution is 6.14. The molecule has 0 bridgehead atoms. The molecule has 7 heteroatoms. The second-order valence-corrected chi connectivity index (χ2v) is 3.26. The zero-order chi connectivity index (χ0) is 12.7. The summed E-state index contributed by atoms with van der Waals surface area (Å²) in [4.78, 5) is 0. The fourth-order valence-corrected chi connectivity index (χ4v) is 1.14. The Kier molecular flexibility index (Phi) is 3.28. The smallest absolute Gasteiger partial charge is 0.200 e. The third-order valence-electron chi connectivity index (χ3n) is 2.13. The summed E-state index contributed by atoms with van der Waals surface area (Å²) in [6.45, 7) is 0.977. The van der Waals surface area contributed by atoms with Crippen LogP contribution in [0, 0.1) is 29.1 Å². The molecule has 0 amide bonds. The highest BCUT2D eigenvalue weighted by atomic mass is 19.2. The summed E-state index contributed by atoms with van der Waals surface area (Å²) in [6, 6.07) is 0. The predicted molar refractivity (Wildman–Crippen MR) is 46.3 cm³/mol. The van der Waals surface area contributed by atoms with Crippen molar-refractivity contribution in [2.24, 2.45) is 0 Å². The Morgan fingerprint density at radius 2 is 1.19 bits per heavy atom. The van der Waals surface area contributed by atoms with E-state index < -0.39 is 40.1 Å². The summed E-state index contributed by atoms with van der Waals surface area (Å²) in [6.07, 6.45) is 0. The molecule has 1 rings (SSSR count). The van der Waals surface area contributed by atoms with Crippen LogP contribution in [0.1, 0.15) is 12.5 Å². The van der Waals surface area contributed by atoms with Gasteiger partial charge < -0.3 is 4.74 Å². The van der Waals surface area contributed by atoms with Gasteiger partial charge in [0.15, 0.2) is 23.3 Å². The molecule has 2 radical (unpaired) electrons. The summed E-state index contributed by atoms with van der Waals surface area (Å²) in [5.41, 5.74) is -3.31. The predicted octanol–water partition coefficient (Wildman–Crippen LogP) is 2.37. The molecule has 1 nitrogen and oxygen atoms in total. The van der Waals surface area contributed by atoms with E-state index in [1.54, 1.807) is 0 Å². The number of benzene rings is 1. The van der Waals surface area contributed by atoms with E-state index in [-0.39, 0.29) is 0 Å². The maximum atomic E-state index is 13.2. The van der Waals surface area contributed by atoms with Crippen LogP contribution >= 0.6 is 0 Å². The van der Waals surface area contributed by atoms with Gasteiger partial charge in [-0.3, -0.25) is 0 Å². The minimum atomic E-state index is -2.23. The van der Waals surface area contributed by atoms with E-state index in [0.717, 1.165) is 14.0 Å². The van der Waals surface area contributed by atoms with E-state index in [1.165, 1.54) is 0 Å². The van der Waals surface area contributed by atoms with Crippen LogP contribution in [-0.4, -0.2) is 15.0 Å². The maximum absolute atomic E-state index is 13.2. The van der Waals surface area contributed by atoms with Gasteiger partial charge in [-0.2, -0.15) is 0 Å². The van der Waals surface area contributed by atoms with Crippen LogP contribution in [0.2, 0.25) is 0 Å². The van der Waals surface area contributed by atoms with E-state index >= 15 is 0 Å². The Balaban J connectivity index is 3.65. The molecular formula is C9H6BF5O. The van der Waals surface area contributed by atoms with E-state index in [1.807, 2.05) is 0 Å². The van der Waals surface area contributed by atoms with Gasteiger partial charge in [0, 0.05) is 7.11 Å². The average Bonchev–Trinajstić information content (AvgIpc) is 2.23. The molecule has 0 spiro atoms. The molecular weight excluding hydrogens is 230 g/mol. The zero-order valence-corrected chi connectivity index (χ0v) is 8.38. The number of hydrogen-bond donors (Lipinski definition) is 0. The molecule has 0 heterocycles. The van der Waals surface area contributed by atoms with Gasteiger partial charge in [-0.05, 0) is 6.92 Å². The fraction of sp³-hybridized carbons (Fsp3) is 0.333. The SMILES string of the molecule is [B]C(C)(OC)c1c(F)c(F)c(F)c(F)c1F. The third-order valence-corrected chi connectivity index (χ3v) is 2.13. The first-order chi connectivity index (χ1) is 7.24. The lowest BCUT2D eigenvalue weighted by Gasteiger charge is -2.25. The molecule has 1 unspecified atom stereocenters. The topological polar surface area (TPSA) is 9.23 Å². The first kappa shape index (κ1) is 13.0. The highest BCUT2D eigenvalue weighted by Gasteiger charge is 2.34. The monoisotopic (exact) mass is 236 g/mol. The minimum absolute atomic E-state index is 0.977. The van der Waals surface area contributed by atoms with E-state index in [4.69, 9.17) is 7.85 Å². The molecule has 16 heavy (non-hydrogen) atoms. The molecule has 1 atom stereocenters. The number of halogens is 5. The molecule has 0 aliphatic heterocycles. The van der Waals surface area contributed by atoms with Crippen LogP contribution in [0.4, 0.5) is 22.0 Å². The van der Waals surface area contributed by atoms with Crippen molar-refractivity contribution in [3.8, 4) is 0 Å². The molecule has 0 aliphatic rings. The second-order valence-electron chi connectivity index (χ2n) is 3.26. The number of ether oxygens (including phenoxy) is 1.